The molecular weight excluding hydrogens is 332 g/mol. The summed E-state index contributed by atoms with van der Waals surface area (Å²) in [6, 6.07) is 0. The Bertz CT molecular complexity index is 540. The Morgan fingerprint density at radius 3 is 2.44 bits per heavy atom. The molecule has 4 aliphatic carbocycles. The van der Waals surface area contributed by atoms with Crippen molar-refractivity contribution in [2.24, 2.45) is 46.3 Å². The average molecular weight is 377 g/mol. The first kappa shape index (κ1) is 20.2. The fourth-order valence-electron chi connectivity index (χ4n) is 8.94. The van der Waals surface area contributed by atoms with E-state index >= 15 is 0 Å². The molecule has 2 heteroatoms. The Morgan fingerprint density at radius 2 is 1.74 bits per heavy atom. The van der Waals surface area contributed by atoms with E-state index in [0.29, 0.717) is 16.7 Å². The number of aliphatic hydroxyl groups is 1. The van der Waals surface area contributed by atoms with E-state index < -0.39 is 5.60 Å². The van der Waals surface area contributed by atoms with Gasteiger partial charge in [-0.2, -0.15) is 0 Å². The molecule has 0 radical (unpaired) electrons. The lowest BCUT2D eigenvalue weighted by molar-refractivity contribution is -0.178. The lowest BCUT2D eigenvalue weighted by Crippen LogP contribution is -2.58. The summed E-state index contributed by atoms with van der Waals surface area (Å²) < 4.78 is 6.16. The Kier molecular flexibility index (Phi) is 5.25. The maximum atomic E-state index is 10.8. The fraction of sp³-hybridized carbons (Fsp3) is 1.00. The van der Waals surface area contributed by atoms with Crippen LogP contribution in [0.2, 0.25) is 0 Å². The number of rotatable bonds is 4. The SMILES string of the molecule is CCOC[C@]12CC[C@@](C)(O)C[C@H]1CC[C@@H]1[C@@H]2CC[C@]2(C)C(C(C)C)CC[C@@H]12. The first-order valence-electron chi connectivity index (χ1n) is 12.0. The molecule has 156 valence electrons. The molecule has 27 heavy (non-hydrogen) atoms. The van der Waals surface area contributed by atoms with Crippen molar-refractivity contribution < 1.29 is 9.84 Å². The minimum absolute atomic E-state index is 0.346. The quantitative estimate of drug-likeness (QED) is 0.645. The molecule has 8 atom stereocenters. The fourth-order valence-corrected chi connectivity index (χ4v) is 8.94. The minimum Gasteiger partial charge on any atom is -0.390 e. The molecule has 0 amide bonds. The largest absolute Gasteiger partial charge is 0.390 e. The maximum Gasteiger partial charge on any atom is 0.0622 e. The lowest BCUT2D eigenvalue weighted by atomic mass is 9.43. The summed E-state index contributed by atoms with van der Waals surface area (Å²) in [7, 11) is 0. The third-order valence-corrected chi connectivity index (χ3v) is 10.1. The first-order valence-corrected chi connectivity index (χ1v) is 12.0. The molecule has 1 N–H and O–H groups in total. The van der Waals surface area contributed by atoms with Crippen LogP contribution in [0.25, 0.3) is 0 Å². The van der Waals surface area contributed by atoms with Crippen LogP contribution < -0.4 is 0 Å². The molecule has 0 aliphatic heterocycles. The summed E-state index contributed by atoms with van der Waals surface area (Å²) in [4.78, 5) is 0. The predicted molar refractivity (Wildman–Crippen MR) is 111 cm³/mol. The predicted octanol–water partition coefficient (Wildman–Crippen LogP) is 6.07. The number of hydrogen-bond donors (Lipinski definition) is 1. The molecule has 0 bridgehead atoms. The second-order valence-electron chi connectivity index (χ2n) is 11.7. The van der Waals surface area contributed by atoms with Crippen LogP contribution in [0.3, 0.4) is 0 Å². The second-order valence-corrected chi connectivity index (χ2v) is 11.7. The van der Waals surface area contributed by atoms with Crippen LogP contribution in [0.1, 0.15) is 92.4 Å². The van der Waals surface area contributed by atoms with E-state index in [1.165, 1.54) is 44.9 Å². The molecule has 0 spiro atoms. The van der Waals surface area contributed by atoms with E-state index in [9.17, 15) is 5.11 Å². The van der Waals surface area contributed by atoms with Gasteiger partial charge in [0, 0.05) is 6.61 Å². The molecular formula is C25H44O2. The van der Waals surface area contributed by atoms with Crippen molar-refractivity contribution in [1.82, 2.24) is 0 Å². The van der Waals surface area contributed by atoms with E-state index in [4.69, 9.17) is 4.74 Å². The van der Waals surface area contributed by atoms with Gasteiger partial charge in [0.15, 0.2) is 0 Å². The summed E-state index contributed by atoms with van der Waals surface area (Å²) in [5.41, 5.74) is 0.472. The van der Waals surface area contributed by atoms with Crippen LogP contribution >= 0.6 is 0 Å². The van der Waals surface area contributed by atoms with Gasteiger partial charge in [0.05, 0.1) is 12.2 Å². The Hall–Kier alpha value is -0.0800. The molecule has 0 heterocycles. The van der Waals surface area contributed by atoms with Gasteiger partial charge in [0.2, 0.25) is 0 Å². The zero-order chi connectivity index (χ0) is 19.4. The van der Waals surface area contributed by atoms with Gasteiger partial charge in [-0.3, -0.25) is 0 Å². The summed E-state index contributed by atoms with van der Waals surface area (Å²) in [5.74, 6) is 5.10. The highest BCUT2D eigenvalue weighted by atomic mass is 16.5. The summed E-state index contributed by atoms with van der Waals surface area (Å²) >= 11 is 0. The first-order chi connectivity index (χ1) is 12.7. The summed E-state index contributed by atoms with van der Waals surface area (Å²) in [5, 5.41) is 10.8. The average Bonchev–Trinajstić information content (AvgIpc) is 2.97. The molecule has 4 aliphatic rings. The van der Waals surface area contributed by atoms with Crippen molar-refractivity contribution in [1.29, 1.82) is 0 Å². The molecule has 4 saturated carbocycles. The number of fused-ring (bicyclic) bond motifs is 5. The highest BCUT2D eigenvalue weighted by molar-refractivity contribution is 5.11. The van der Waals surface area contributed by atoms with Crippen molar-refractivity contribution in [2.75, 3.05) is 13.2 Å². The van der Waals surface area contributed by atoms with Crippen LogP contribution in [-0.4, -0.2) is 23.9 Å². The third-order valence-electron chi connectivity index (χ3n) is 10.1. The molecule has 0 aromatic carbocycles. The normalized spacial score (nSPS) is 52.3. The maximum absolute atomic E-state index is 10.8. The van der Waals surface area contributed by atoms with E-state index in [0.717, 1.165) is 55.6 Å². The smallest absolute Gasteiger partial charge is 0.0622 e. The standard InChI is InChI=1S/C25H44O2/c1-6-27-16-25-14-13-23(4,26)15-18(25)7-8-19-21-10-9-20(17(2)3)24(21,5)12-11-22(19)25/h17-22,26H,6-16H2,1-5H3/t18-,19+,20?,21+,22+,23-,24-,25-/m1/s1. The number of hydrogen-bond acceptors (Lipinski definition) is 2. The lowest BCUT2D eigenvalue weighted by Gasteiger charge is -2.63. The topological polar surface area (TPSA) is 29.5 Å². The Labute approximate surface area is 167 Å². The van der Waals surface area contributed by atoms with Crippen LogP contribution in [0, 0.1) is 46.3 Å². The molecule has 0 aromatic rings. The molecule has 0 saturated heterocycles. The van der Waals surface area contributed by atoms with Crippen LogP contribution in [-0.2, 0) is 4.74 Å². The van der Waals surface area contributed by atoms with Gasteiger partial charge in [0.1, 0.15) is 0 Å². The molecule has 4 rings (SSSR count). The monoisotopic (exact) mass is 376 g/mol. The van der Waals surface area contributed by atoms with Gasteiger partial charge in [-0.25, -0.2) is 0 Å². The van der Waals surface area contributed by atoms with Gasteiger partial charge in [0.25, 0.3) is 0 Å². The van der Waals surface area contributed by atoms with Crippen molar-refractivity contribution >= 4 is 0 Å². The van der Waals surface area contributed by atoms with Crippen LogP contribution in [0.4, 0.5) is 0 Å². The third kappa shape index (κ3) is 3.12. The van der Waals surface area contributed by atoms with Crippen molar-refractivity contribution in [3.63, 3.8) is 0 Å². The van der Waals surface area contributed by atoms with Gasteiger partial charge in [-0.15, -0.1) is 0 Å². The molecule has 2 nitrogen and oxygen atoms in total. The van der Waals surface area contributed by atoms with Gasteiger partial charge in [-0.05, 0) is 118 Å². The van der Waals surface area contributed by atoms with Gasteiger partial charge in [-0.1, -0.05) is 20.8 Å². The van der Waals surface area contributed by atoms with E-state index in [1.54, 1.807) is 0 Å². The van der Waals surface area contributed by atoms with Gasteiger partial charge >= 0.3 is 0 Å². The molecule has 1 unspecified atom stereocenters. The Balaban J connectivity index is 1.63. The number of ether oxygens (including phenoxy) is 1. The van der Waals surface area contributed by atoms with Gasteiger partial charge < -0.3 is 9.84 Å². The van der Waals surface area contributed by atoms with E-state index in [2.05, 4.69) is 34.6 Å². The minimum atomic E-state index is -0.452. The summed E-state index contributed by atoms with van der Waals surface area (Å²) in [6.07, 6.45) is 11.6. The van der Waals surface area contributed by atoms with Crippen LogP contribution in [0.15, 0.2) is 0 Å². The van der Waals surface area contributed by atoms with Crippen molar-refractivity contribution in [3.05, 3.63) is 0 Å². The zero-order valence-electron chi connectivity index (χ0n) is 18.6. The molecule has 0 aromatic heterocycles. The summed E-state index contributed by atoms with van der Waals surface area (Å²) in [6.45, 7) is 13.6. The van der Waals surface area contributed by atoms with E-state index in [1.807, 2.05) is 0 Å². The second kappa shape index (κ2) is 7.01. The molecule has 4 fully saturated rings. The highest BCUT2D eigenvalue weighted by Crippen LogP contribution is 2.68. The van der Waals surface area contributed by atoms with Crippen molar-refractivity contribution in [3.8, 4) is 0 Å². The van der Waals surface area contributed by atoms with Crippen molar-refractivity contribution in [2.45, 2.75) is 98.0 Å². The van der Waals surface area contributed by atoms with Crippen LogP contribution in [0.5, 0.6) is 0 Å². The zero-order valence-corrected chi connectivity index (χ0v) is 18.6. The Morgan fingerprint density at radius 1 is 0.963 bits per heavy atom. The highest BCUT2D eigenvalue weighted by Gasteiger charge is 2.62. The van der Waals surface area contributed by atoms with E-state index in [-0.39, 0.29) is 0 Å².